The molecule has 0 amide bonds. The number of rotatable bonds is 5. The summed E-state index contributed by atoms with van der Waals surface area (Å²) in [5, 5.41) is 6.65. The first kappa shape index (κ1) is 13.3. The molecule has 0 aliphatic rings. The molecule has 1 heterocycles. The Balaban J connectivity index is 2.31. The molecule has 0 radical (unpaired) electrons. The number of aromatic nitrogens is 2. The van der Waals surface area contributed by atoms with E-state index in [0.29, 0.717) is 0 Å². The van der Waals surface area contributed by atoms with Crippen LogP contribution in [0.15, 0.2) is 30.6 Å². The Morgan fingerprint density at radius 2 is 1.89 bits per heavy atom. The summed E-state index contributed by atoms with van der Waals surface area (Å²) in [5.41, 5.74) is 3.39. The SMILES string of the molecule is CCNc1ncnc(Nc2cccc(C)c2)c1CC. The Morgan fingerprint density at radius 3 is 2.58 bits per heavy atom. The molecular formula is C15H20N4. The third-order valence-electron chi connectivity index (χ3n) is 2.92. The topological polar surface area (TPSA) is 49.8 Å². The molecule has 2 rings (SSSR count). The van der Waals surface area contributed by atoms with Gasteiger partial charge in [-0.3, -0.25) is 0 Å². The largest absolute Gasteiger partial charge is 0.370 e. The van der Waals surface area contributed by atoms with Crippen molar-refractivity contribution in [1.82, 2.24) is 9.97 Å². The lowest BCUT2D eigenvalue weighted by Crippen LogP contribution is -2.07. The normalized spacial score (nSPS) is 10.3. The summed E-state index contributed by atoms with van der Waals surface area (Å²) in [6.07, 6.45) is 2.48. The maximum atomic E-state index is 4.36. The molecule has 0 saturated heterocycles. The highest BCUT2D eigenvalue weighted by Gasteiger charge is 2.09. The molecule has 0 fully saturated rings. The molecule has 0 aliphatic carbocycles. The molecule has 0 bridgehead atoms. The number of hydrogen-bond donors (Lipinski definition) is 2. The van der Waals surface area contributed by atoms with Crippen LogP contribution in [-0.4, -0.2) is 16.5 Å². The van der Waals surface area contributed by atoms with Crippen LogP contribution in [0.1, 0.15) is 25.0 Å². The molecule has 0 aliphatic heterocycles. The van der Waals surface area contributed by atoms with Gasteiger partial charge in [-0.1, -0.05) is 19.1 Å². The van der Waals surface area contributed by atoms with E-state index in [1.54, 1.807) is 6.33 Å². The molecule has 1 aromatic carbocycles. The zero-order chi connectivity index (χ0) is 13.7. The van der Waals surface area contributed by atoms with Crippen LogP contribution in [0, 0.1) is 6.92 Å². The zero-order valence-corrected chi connectivity index (χ0v) is 11.7. The lowest BCUT2D eigenvalue weighted by Gasteiger charge is -2.14. The van der Waals surface area contributed by atoms with Crippen LogP contribution in [0.5, 0.6) is 0 Å². The first-order valence-electron chi connectivity index (χ1n) is 6.66. The van der Waals surface area contributed by atoms with Gasteiger partial charge in [-0.2, -0.15) is 0 Å². The first-order valence-corrected chi connectivity index (χ1v) is 6.66. The lowest BCUT2D eigenvalue weighted by molar-refractivity contribution is 1.03. The van der Waals surface area contributed by atoms with Crippen LogP contribution in [-0.2, 0) is 6.42 Å². The van der Waals surface area contributed by atoms with E-state index in [4.69, 9.17) is 0 Å². The van der Waals surface area contributed by atoms with Gasteiger partial charge in [0.1, 0.15) is 18.0 Å². The van der Waals surface area contributed by atoms with Crippen molar-refractivity contribution in [2.75, 3.05) is 17.2 Å². The summed E-state index contributed by atoms with van der Waals surface area (Å²) in [7, 11) is 0. The van der Waals surface area contributed by atoms with Crippen molar-refractivity contribution in [3.8, 4) is 0 Å². The van der Waals surface area contributed by atoms with E-state index in [1.807, 2.05) is 12.1 Å². The third kappa shape index (κ3) is 3.22. The number of hydrogen-bond acceptors (Lipinski definition) is 4. The summed E-state index contributed by atoms with van der Waals surface area (Å²) >= 11 is 0. The van der Waals surface area contributed by atoms with Crippen LogP contribution in [0.4, 0.5) is 17.3 Å². The van der Waals surface area contributed by atoms with E-state index in [-0.39, 0.29) is 0 Å². The van der Waals surface area contributed by atoms with Gasteiger partial charge in [0.2, 0.25) is 0 Å². The highest BCUT2D eigenvalue weighted by atomic mass is 15.1. The molecule has 2 aromatic rings. The monoisotopic (exact) mass is 256 g/mol. The van der Waals surface area contributed by atoms with Crippen molar-refractivity contribution in [2.24, 2.45) is 0 Å². The van der Waals surface area contributed by atoms with E-state index in [0.717, 1.165) is 35.9 Å². The van der Waals surface area contributed by atoms with E-state index < -0.39 is 0 Å². The molecule has 1 aromatic heterocycles. The Kier molecular flexibility index (Phi) is 4.34. The fourth-order valence-electron chi connectivity index (χ4n) is 2.03. The molecule has 19 heavy (non-hydrogen) atoms. The summed E-state index contributed by atoms with van der Waals surface area (Å²) in [4.78, 5) is 8.65. The van der Waals surface area contributed by atoms with Gasteiger partial charge < -0.3 is 10.6 Å². The fourth-order valence-corrected chi connectivity index (χ4v) is 2.03. The number of aryl methyl sites for hydroxylation is 1. The second kappa shape index (κ2) is 6.18. The third-order valence-corrected chi connectivity index (χ3v) is 2.92. The maximum Gasteiger partial charge on any atom is 0.139 e. The fraction of sp³-hybridized carbons (Fsp3) is 0.333. The van der Waals surface area contributed by atoms with E-state index in [1.165, 1.54) is 5.56 Å². The molecule has 0 saturated carbocycles. The summed E-state index contributed by atoms with van der Waals surface area (Å²) in [5.74, 6) is 1.79. The van der Waals surface area contributed by atoms with Crippen LogP contribution in [0.2, 0.25) is 0 Å². The van der Waals surface area contributed by atoms with E-state index >= 15 is 0 Å². The predicted octanol–water partition coefficient (Wildman–Crippen LogP) is 3.52. The highest BCUT2D eigenvalue weighted by molar-refractivity contribution is 5.65. The van der Waals surface area contributed by atoms with Gasteiger partial charge >= 0.3 is 0 Å². The van der Waals surface area contributed by atoms with Crippen molar-refractivity contribution in [2.45, 2.75) is 27.2 Å². The summed E-state index contributed by atoms with van der Waals surface area (Å²) in [6, 6.07) is 8.27. The molecule has 4 heteroatoms. The van der Waals surface area contributed by atoms with Gasteiger partial charge in [0, 0.05) is 17.8 Å². The minimum Gasteiger partial charge on any atom is -0.370 e. The first-order chi connectivity index (χ1) is 9.24. The Bertz CT molecular complexity index is 552. The van der Waals surface area contributed by atoms with Gasteiger partial charge in [0.15, 0.2) is 0 Å². The smallest absolute Gasteiger partial charge is 0.139 e. The van der Waals surface area contributed by atoms with Crippen molar-refractivity contribution in [3.63, 3.8) is 0 Å². The highest BCUT2D eigenvalue weighted by Crippen LogP contribution is 2.24. The van der Waals surface area contributed by atoms with Crippen molar-refractivity contribution in [1.29, 1.82) is 0 Å². The van der Waals surface area contributed by atoms with E-state index in [9.17, 15) is 0 Å². The average molecular weight is 256 g/mol. The average Bonchev–Trinajstić information content (AvgIpc) is 2.39. The molecule has 0 spiro atoms. The zero-order valence-electron chi connectivity index (χ0n) is 11.7. The van der Waals surface area contributed by atoms with Crippen LogP contribution >= 0.6 is 0 Å². The van der Waals surface area contributed by atoms with Crippen LogP contribution < -0.4 is 10.6 Å². The van der Waals surface area contributed by atoms with Crippen molar-refractivity contribution < 1.29 is 0 Å². The maximum absolute atomic E-state index is 4.36. The van der Waals surface area contributed by atoms with Crippen molar-refractivity contribution >= 4 is 17.3 Å². The molecule has 2 N–H and O–H groups in total. The number of benzene rings is 1. The summed E-state index contributed by atoms with van der Waals surface area (Å²) < 4.78 is 0. The van der Waals surface area contributed by atoms with Gasteiger partial charge in [-0.25, -0.2) is 9.97 Å². The standard InChI is InChI=1S/C15H20N4/c1-4-13-14(16-5-2)17-10-18-15(13)19-12-8-6-7-11(3)9-12/h6-10H,4-5H2,1-3H3,(H2,16,17,18,19). The molecule has 0 unspecified atom stereocenters. The summed E-state index contributed by atoms with van der Waals surface area (Å²) in [6.45, 7) is 7.11. The van der Waals surface area contributed by atoms with E-state index in [2.05, 4.69) is 53.5 Å². The minimum absolute atomic E-state index is 0.855. The molecule has 0 atom stereocenters. The van der Waals surface area contributed by atoms with Gasteiger partial charge in [0.05, 0.1) is 0 Å². The lowest BCUT2D eigenvalue weighted by atomic mass is 10.2. The Morgan fingerprint density at radius 1 is 1.11 bits per heavy atom. The Labute approximate surface area is 114 Å². The quantitative estimate of drug-likeness (QED) is 0.859. The second-order valence-corrected chi connectivity index (χ2v) is 4.43. The predicted molar refractivity (Wildman–Crippen MR) is 80.0 cm³/mol. The van der Waals surface area contributed by atoms with Gasteiger partial charge in [0.25, 0.3) is 0 Å². The minimum atomic E-state index is 0.855. The number of nitrogens with one attached hydrogen (secondary N) is 2. The molecule has 4 nitrogen and oxygen atoms in total. The van der Waals surface area contributed by atoms with Gasteiger partial charge in [-0.05, 0) is 38.0 Å². The Hall–Kier alpha value is -2.10. The van der Waals surface area contributed by atoms with Gasteiger partial charge in [-0.15, -0.1) is 0 Å². The molecular weight excluding hydrogens is 236 g/mol. The van der Waals surface area contributed by atoms with Crippen LogP contribution in [0.3, 0.4) is 0 Å². The van der Waals surface area contributed by atoms with Crippen LogP contribution in [0.25, 0.3) is 0 Å². The second-order valence-electron chi connectivity index (χ2n) is 4.43. The van der Waals surface area contributed by atoms with Crippen molar-refractivity contribution in [3.05, 3.63) is 41.7 Å². The molecule has 100 valence electrons. The number of anilines is 3. The number of nitrogens with zero attached hydrogens (tertiary/aromatic N) is 2.